The van der Waals surface area contributed by atoms with Crippen molar-refractivity contribution >= 4 is 17.6 Å². The Morgan fingerprint density at radius 2 is 2.06 bits per heavy atom. The van der Waals surface area contributed by atoms with E-state index in [-0.39, 0.29) is 22.7 Å². The van der Waals surface area contributed by atoms with E-state index in [9.17, 15) is 19.7 Å². The molecule has 1 amide bonds. The minimum Gasteiger partial charge on any atom is -0.478 e. The molecule has 1 aromatic carbocycles. The van der Waals surface area contributed by atoms with Crippen molar-refractivity contribution in [3.8, 4) is 0 Å². The molecule has 1 aromatic rings. The van der Waals surface area contributed by atoms with Crippen molar-refractivity contribution in [1.29, 1.82) is 0 Å². The van der Waals surface area contributed by atoms with Crippen molar-refractivity contribution in [3.05, 3.63) is 39.4 Å². The van der Waals surface area contributed by atoms with Crippen molar-refractivity contribution in [2.75, 3.05) is 0 Å². The predicted molar refractivity (Wildman–Crippen MR) is 62.3 cm³/mol. The Morgan fingerprint density at radius 1 is 1.44 bits per heavy atom. The van der Waals surface area contributed by atoms with Gasteiger partial charge >= 0.3 is 5.97 Å². The van der Waals surface area contributed by atoms with Crippen LogP contribution in [-0.2, 0) is 4.79 Å². The number of benzene rings is 1. The van der Waals surface area contributed by atoms with E-state index in [1.165, 1.54) is 19.1 Å². The van der Waals surface area contributed by atoms with Crippen LogP contribution in [0.5, 0.6) is 0 Å². The highest BCUT2D eigenvalue weighted by atomic mass is 16.6. The molecule has 0 aromatic heterocycles. The molecule has 1 rings (SSSR count). The second-order valence-electron chi connectivity index (χ2n) is 3.76. The number of aromatic carboxylic acids is 1. The summed E-state index contributed by atoms with van der Waals surface area (Å²) in [4.78, 5) is 31.9. The minimum atomic E-state index is -1.24. The number of hydrogen-bond acceptors (Lipinski definition) is 4. The summed E-state index contributed by atoms with van der Waals surface area (Å²) < 4.78 is 0. The molecule has 0 unspecified atom stereocenters. The highest BCUT2D eigenvalue weighted by Crippen LogP contribution is 2.26. The summed E-state index contributed by atoms with van der Waals surface area (Å²) in [7, 11) is 0. The lowest BCUT2D eigenvalue weighted by molar-refractivity contribution is -0.385. The molecule has 0 saturated carbocycles. The van der Waals surface area contributed by atoms with E-state index in [4.69, 9.17) is 5.11 Å². The monoisotopic (exact) mass is 252 g/mol. The van der Waals surface area contributed by atoms with Gasteiger partial charge in [0.05, 0.1) is 22.1 Å². The molecule has 18 heavy (non-hydrogen) atoms. The van der Waals surface area contributed by atoms with Crippen molar-refractivity contribution in [2.45, 2.75) is 19.9 Å². The van der Waals surface area contributed by atoms with Crippen molar-refractivity contribution in [2.24, 2.45) is 0 Å². The van der Waals surface area contributed by atoms with Gasteiger partial charge in [0.15, 0.2) is 0 Å². The standard InChI is InChI=1S/C11H12N2O5/c1-6(12-7(2)14)9-4-3-8(11(15)16)5-10(9)13(17)18/h3-6H,1-2H3,(H,12,14)(H,15,16)/t6-/m0/s1. The number of amides is 1. The fourth-order valence-corrected chi connectivity index (χ4v) is 1.58. The van der Waals surface area contributed by atoms with Crippen LogP contribution < -0.4 is 5.32 Å². The fraction of sp³-hybridized carbons (Fsp3) is 0.273. The first-order valence-electron chi connectivity index (χ1n) is 5.11. The molecule has 0 spiro atoms. The topological polar surface area (TPSA) is 110 Å². The van der Waals surface area contributed by atoms with Crippen molar-refractivity contribution in [1.82, 2.24) is 5.32 Å². The lowest BCUT2D eigenvalue weighted by atomic mass is 10.0. The summed E-state index contributed by atoms with van der Waals surface area (Å²) in [6, 6.07) is 3.02. The van der Waals surface area contributed by atoms with Gasteiger partial charge in [-0.2, -0.15) is 0 Å². The third-order valence-corrected chi connectivity index (χ3v) is 2.36. The number of nitrogens with one attached hydrogen (secondary N) is 1. The van der Waals surface area contributed by atoms with Crippen molar-refractivity contribution < 1.29 is 19.6 Å². The summed E-state index contributed by atoms with van der Waals surface area (Å²) >= 11 is 0. The highest BCUT2D eigenvalue weighted by Gasteiger charge is 2.21. The Kier molecular flexibility index (Phi) is 3.98. The third-order valence-electron chi connectivity index (χ3n) is 2.36. The molecule has 96 valence electrons. The molecule has 0 aliphatic carbocycles. The molecule has 0 saturated heterocycles. The van der Waals surface area contributed by atoms with Gasteiger partial charge in [-0.3, -0.25) is 14.9 Å². The molecule has 0 radical (unpaired) electrons. The molecule has 1 atom stereocenters. The Bertz CT molecular complexity index is 512. The lowest BCUT2D eigenvalue weighted by Crippen LogP contribution is -2.24. The van der Waals surface area contributed by atoms with Gasteiger partial charge in [0.25, 0.3) is 5.69 Å². The molecule has 0 aliphatic rings. The smallest absolute Gasteiger partial charge is 0.335 e. The highest BCUT2D eigenvalue weighted by molar-refractivity contribution is 5.88. The summed E-state index contributed by atoms with van der Waals surface area (Å²) in [5.74, 6) is -1.56. The summed E-state index contributed by atoms with van der Waals surface area (Å²) in [5, 5.41) is 22.2. The van der Waals surface area contributed by atoms with Gasteiger partial charge in [0.2, 0.25) is 5.91 Å². The summed E-state index contributed by atoms with van der Waals surface area (Å²) in [5.41, 5.74) is -0.225. The Labute approximate surface area is 103 Å². The van der Waals surface area contributed by atoms with Gasteiger partial charge in [-0.05, 0) is 19.1 Å². The van der Waals surface area contributed by atoms with E-state index < -0.39 is 16.9 Å². The third kappa shape index (κ3) is 3.03. The second-order valence-corrected chi connectivity index (χ2v) is 3.76. The number of hydrogen-bond donors (Lipinski definition) is 2. The van der Waals surface area contributed by atoms with E-state index in [1.54, 1.807) is 6.92 Å². The number of rotatable bonds is 4. The van der Waals surface area contributed by atoms with E-state index in [0.717, 1.165) is 6.07 Å². The SMILES string of the molecule is CC(=O)N[C@@H](C)c1ccc(C(=O)O)cc1[N+](=O)[O-]. The van der Waals surface area contributed by atoms with E-state index in [2.05, 4.69) is 5.32 Å². The van der Waals surface area contributed by atoms with Crippen LogP contribution in [-0.4, -0.2) is 21.9 Å². The zero-order valence-electron chi connectivity index (χ0n) is 9.84. The molecule has 7 heteroatoms. The number of carbonyl (C=O) groups is 2. The first-order valence-corrected chi connectivity index (χ1v) is 5.11. The maximum Gasteiger partial charge on any atom is 0.335 e. The normalized spacial score (nSPS) is 11.7. The van der Waals surface area contributed by atoms with Crippen LogP contribution in [0.3, 0.4) is 0 Å². The van der Waals surface area contributed by atoms with Crippen LogP contribution in [0.15, 0.2) is 18.2 Å². The van der Waals surface area contributed by atoms with Gasteiger partial charge in [-0.25, -0.2) is 4.79 Å². The minimum absolute atomic E-state index is 0.166. The summed E-state index contributed by atoms with van der Waals surface area (Å²) in [6.07, 6.45) is 0. The number of nitro groups is 1. The van der Waals surface area contributed by atoms with Crippen LogP contribution in [0.2, 0.25) is 0 Å². The Balaban J connectivity index is 3.23. The van der Waals surface area contributed by atoms with E-state index in [0.29, 0.717) is 0 Å². The quantitative estimate of drug-likeness (QED) is 0.623. The van der Waals surface area contributed by atoms with Gasteiger partial charge in [0, 0.05) is 13.0 Å². The number of nitro benzene ring substituents is 1. The average Bonchev–Trinajstić information content (AvgIpc) is 2.26. The largest absolute Gasteiger partial charge is 0.478 e. The Morgan fingerprint density at radius 3 is 2.50 bits per heavy atom. The van der Waals surface area contributed by atoms with Gasteiger partial charge in [-0.1, -0.05) is 0 Å². The Hall–Kier alpha value is -2.44. The number of nitrogens with zero attached hydrogens (tertiary/aromatic N) is 1. The van der Waals surface area contributed by atoms with E-state index in [1.807, 2.05) is 0 Å². The predicted octanol–water partition coefficient (Wildman–Crippen LogP) is 1.49. The second kappa shape index (κ2) is 5.26. The van der Waals surface area contributed by atoms with Crippen LogP contribution in [0.4, 0.5) is 5.69 Å². The van der Waals surface area contributed by atoms with Crippen LogP contribution in [0, 0.1) is 10.1 Å². The number of carbonyl (C=O) groups excluding carboxylic acids is 1. The van der Waals surface area contributed by atoms with E-state index >= 15 is 0 Å². The molecule has 7 nitrogen and oxygen atoms in total. The van der Waals surface area contributed by atoms with Gasteiger partial charge in [-0.15, -0.1) is 0 Å². The van der Waals surface area contributed by atoms with Crippen LogP contribution >= 0.6 is 0 Å². The van der Waals surface area contributed by atoms with Gasteiger partial charge in [0.1, 0.15) is 0 Å². The molecule has 0 aliphatic heterocycles. The van der Waals surface area contributed by atoms with Crippen LogP contribution in [0.1, 0.15) is 35.8 Å². The average molecular weight is 252 g/mol. The zero-order valence-corrected chi connectivity index (χ0v) is 9.84. The van der Waals surface area contributed by atoms with Crippen LogP contribution in [0.25, 0.3) is 0 Å². The first kappa shape index (κ1) is 13.6. The molecular formula is C11H12N2O5. The van der Waals surface area contributed by atoms with Gasteiger partial charge < -0.3 is 10.4 Å². The maximum atomic E-state index is 10.9. The molecular weight excluding hydrogens is 240 g/mol. The zero-order chi connectivity index (χ0) is 13.9. The molecule has 2 N–H and O–H groups in total. The molecule has 0 heterocycles. The molecule has 0 bridgehead atoms. The molecule has 0 fully saturated rings. The maximum absolute atomic E-state index is 10.9. The number of carboxylic acids is 1. The lowest BCUT2D eigenvalue weighted by Gasteiger charge is -2.13. The fourth-order valence-electron chi connectivity index (χ4n) is 1.58. The first-order chi connectivity index (χ1) is 8.32. The van der Waals surface area contributed by atoms with Crippen molar-refractivity contribution in [3.63, 3.8) is 0 Å². The number of carboxylic acid groups (broad SMARTS) is 1. The summed E-state index contributed by atoms with van der Waals surface area (Å²) in [6.45, 7) is 2.89.